The minimum atomic E-state index is 0.188. The summed E-state index contributed by atoms with van der Waals surface area (Å²) in [6.45, 7) is 4.39. The molecule has 3 heteroatoms. The maximum Gasteiger partial charge on any atom is 0.182 e. The first-order valence-electron chi connectivity index (χ1n) is 7.90. The number of aliphatic imine (C=N–C) groups is 1. The highest BCUT2D eigenvalue weighted by Gasteiger charge is 2.31. The summed E-state index contributed by atoms with van der Waals surface area (Å²) in [6, 6.07) is 18.2. The summed E-state index contributed by atoms with van der Waals surface area (Å²) in [4.78, 5) is 4.94. The summed E-state index contributed by atoms with van der Waals surface area (Å²) in [5.41, 5.74) is 3.31. The summed E-state index contributed by atoms with van der Waals surface area (Å²) in [5, 5.41) is 12.5. The number of hydrogen-bond donors (Lipinski definition) is 2. The Bertz CT molecular complexity index is 664. The summed E-state index contributed by atoms with van der Waals surface area (Å²) < 4.78 is 0. The lowest BCUT2D eigenvalue weighted by atomic mass is 9.93. The van der Waals surface area contributed by atoms with E-state index in [-0.39, 0.29) is 12.2 Å². The zero-order valence-electron chi connectivity index (χ0n) is 13.1. The molecule has 22 heavy (non-hydrogen) atoms. The van der Waals surface area contributed by atoms with Crippen LogP contribution in [0.4, 0.5) is 0 Å². The summed E-state index contributed by atoms with van der Waals surface area (Å²) in [6.07, 6.45) is 1.03. The van der Waals surface area contributed by atoms with Crippen molar-refractivity contribution in [2.45, 2.75) is 32.5 Å². The third-order valence-corrected chi connectivity index (χ3v) is 4.27. The van der Waals surface area contributed by atoms with Crippen LogP contribution in [0.3, 0.4) is 0 Å². The molecule has 0 bridgehead atoms. The van der Waals surface area contributed by atoms with Gasteiger partial charge >= 0.3 is 0 Å². The second-order valence-electron chi connectivity index (χ2n) is 6.24. The first kappa shape index (κ1) is 14.8. The smallest absolute Gasteiger partial charge is 0.182 e. The molecule has 2 aromatic rings. The van der Waals surface area contributed by atoms with E-state index in [1.54, 1.807) is 6.07 Å². The number of benzene rings is 2. The van der Waals surface area contributed by atoms with Gasteiger partial charge in [0.05, 0.1) is 11.3 Å². The van der Waals surface area contributed by atoms with Gasteiger partial charge in [0.2, 0.25) is 0 Å². The average Bonchev–Trinajstić information content (AvgIpc) is 2.55. The Morgan fingerprint density at radius 1 is 1.05 bits per heavy atom. The fourth-order valence-corrected chi connectivity index (χ4v) is 3.00. The van der Waals surface area contributed by atoms with Gasteiger partial charge in [-0.15, -0.1) is 0 Å². The van der Waals surface area contributed by atoms with E-state index in [0.717, 1.165) is 17.7 Å². The summed E-state index contributed by atoms with van der Waals surface area (Å²) in [7, 11) is 0. The highest BCUT2D eigenvalue weighted by atomic mass is 16.3. The normalized spacial score (nSPS) is 21.7. The van der Waals surface area contributed by atoms with Crippen molar-refractivity contribution in [3.8, 4) is 5.75 Å². The van der Waals surface area contributed by atoms with Gasteiger partial charge in [-0.05, 0) is 17.7 Å². The van der Waals surface area contributed by atoms with Gasteiger partial charge in [0.1, 0.15) is 11.8 Å². The molecule has 1 aliphatic rings. The summed E-state index contributed by atoms with van der Waals surface area (Å²) >= 11 is 0. The molecule has 0 aromatic heterocycles. The Labute approximate surface area is 131 Å². The van der Waals surface area contributed by atoms with E-state index in [1.807, 2.05) is 24.3 Å². The van der Waals surface area contributed by atoms with Crippen LogP contribution in [0, 0.1) is 5.92 Å². The molecule has 1 heterocycles. The lowest BCUT2D eigenvalue weighted by Crippen LogP contribution is -2.93. The van der Waals surface area contributed by atoms with Gasteiger partial charge in [-0.1, -0.05) is 56.3 Å². The van der Waals surface area contributed by atoms with Crippen LogP contribution in [-0.2, 0) is 0 Å². The van der Waals surface area contributed by atoms with Crippen molar-refractivity contribution in [2.24, 2.45) is 10.9 Å². The maximum absolute atomic E-state index is 10.2. The van der Waals surface area contributed by atoms with Crippen LogP contribution in [-0.4, -0.2) is 17.0 Å². The quantitative estimate of drug-likeness (QED) is 0.899. The molecule has 0 amide bonds. The first-order chi connectivity index (χ1) is 10.6. The molecule has 114 valence electrons. The van der Waals surface area contributed by atoms with Gasteiger partial charge in [-0.2, -0.15) is 0 Å². The highest BCUT2D eigenvalue weighted by Crippen LogP contribution is 2.27. The molecule has 3 nitrogen and oxygen atoms in total. The molecular formula is C19H23N2O+. The number of hydrogen-bond acceptors (Lipinski definition) is 2. The standard InChI is InChI=1S/C19H22N2O/c1-13(2)19-20-16(14-8-4-3-5-9-14)12-17(21-19)15-10-6-7-11-18(15)22/h3-11,13,17,19,21-22H,12H2,1-2H3/p+1/t17-,19-/m1/s1. The lowest BCUT2D eigenvalue weighted by Gasteiger charge is -2.29. The Morgan fingerprint density at radius 2 is 1.73 bits per heavy atom. The molecular weight excluding hydrogens is 272 g/mol. The number of quaternary nitrogens is 1. The number of nitrogens with zero attached hydrogens (tertiary/aromatic N) is 1. The lowest BCUT2D eigenvalue weighted by molar-refractivity contribution is -0.733. The van der Waals surface area contributed by atoms with E-state index < -0.39 is 0 Å². The maximum atomic E-state index is 10.2. The molecule has 0 radical (unpaired) electrons. The van der Waals surface area contributed by atoms with Crippen LogP contribution in [0.25, 0.3) is 0 Å². The van der Waals surface area contributed by atoms with Crippen molar-refractivity contribution in [3.05, 3.63) is 65.7 Å². The van der Waals surface area contributed by atoms with Crippen molar-refractivity contribution in [2.75, 3.05) is 0 Å². The number of phenols is 1. The van der Waals surface area contributed by atoms with Crippen molar-refractivity contribution in [1.29, 1.82) is 0 Å². The van der Waals surface area contributed by atoms with Crippen LogP contribution in [0.2, 0.25) is 0 Å². The molecule has 2 aromatic carbocycles. The minimum absolute atomic E-state index is 0.188. The third kappa shape index (κ3) is 3.04. The predicted molar refractivity (Wildman–Crippen MR) is 89.0 cm³/mol. The minimum Gasteiger partial charge on any atom is -0.507 e. The van der Waals surface area contributed by atoms with Crippen LogP contribution < -0.4 is 5.32 Å². The molecule has 1 aliphatic heterocycles. The van der Waals surface area contributed by atoms with Gasteiger partial charge in [0.25, 0.3) is 0 Å². The fraction of sp³-hybridized carbons (Fsp3) is 0.316. The second kappa shape index (κ2) is 6.32. The molecule has 0 fully saturated rings. The Hall–Kier alpha value is -2.13. The number of para-hydroxylation sites is 1. The summed E-state index contributed by atoms with van der Waals surface area (Å²) in [5.74, 6) is 0.827. The molecule has 0 aliphatic carbocycles. The SMILES string of the molecule is CC(C)[C@@H]1N=C(c2ccccc2)C[C@H](c2ccccc2O)[NH2+]1. The number of phenolic OH excluding ortho intramolecular Hbond substituents is 1. The van der Waals surface area contributed by atoms with Gasteiger partial charge in [0.15, 0.2) is 6.17 Å². The topological polar surface area (TPSA) is 49.2 Å². The van der Waals surface area contributed by atoms with Gasteiger partial charge in [-0.3, -0.25) is 0 Å². The van der Waals surface area contributed by atoms with Crippen molar-refractivity contribution >= 4 is 5.71 Å². The zero-order chi connectivity index (χ0) is 15.5. The van der Waals surface area contributed by atoms with Crippen molar-refractivity contribution < 1.29 is 10.4 Å². The highest BCUT2D eigenvalue weighted by molar-refractivity contribution is 6.01. The van der Waals surface area contributed by atoms with Crippen LogP contribution in [0.5, 0.6) is 5.75 Å². The van der Waals surface area contributed by atoms with Crippen LogP contribution in [0.1, 0.15) is 37.4 Å². The Kier molecular flexibility index (Phi) is 4.25. The van der Waals surface area contributed by atoms with Gasteiger partial charge < -0.3 is 10.4 Å². The monoisotopic (exact) mass is 295 g/mol. The van der Waals surface area contributed by atoms with Crippen molar-refractivity contribution in [1.82, 2.24) is 0 Å². The van der Waals surface area contributed by atoms with E-state index in [4.69, 9.17) is 4.99 Å². The second-order valence-corrected chi connectivity index (χ2v) is 6.24. The Balaban J connectivity index is 1.96. The van der Waals surface area contributed by atoms with Crippen LogP contribution >= 0.6 is 0 Å². The molecule has 3 N–H and O–H groups in total. The van der Waals surface area contributed by atoms with Crippen LogP contribution in [0.15, 0.2) is 59.6 Å². The fourth-order valence-electron chi connectivity index (χ4n) is 3.00. The Morgan fingerprint density at radius 3 is 2.41 bits per heavy atom. The number of rotatable bonds is 3. The van der Waals surface area contributed by atoms with E-state index >= 15 is 0 Å². The average molecular weight is 295 g/mol. The number of nitrogens with two attached hydrogens (primary N) is 1. The van der Waals surface area contributed by atoms with E-state index in [0.29, 0.717) is 11.7 Å². The molecule has 0 unspecified atom stereocenters. The van der Waals surface area contributed by atoms with E-state index in [9.17, 15) is 5.11 Å². The largest absolute Gasteiger partial charge is 0.507 e. The molecule has 0 saturated carbocycles. The van der Waals surface area contributed by atoms with E-state index in [1.165, 1.54) is 5.56 Å². The molecule has 2 atom stereocenters. The zero-order valence-corrected chi connectivity index (χ0v) is 13.1. The van der Waals surface area contributed by atoms with Gasteiger partial charge in [-0.25, -0.2) is 4.99 Å². The van der Waals surface area contributed by atoms with Gasteiger partial charge in [0, 0.05) is 12.3 Å². The van der Waals surface area contributed by atoms with Crippen molar-refractivity contribution in [3.63, 3.8) is 0 Å². The molecule has 0 saturated heterocycles. The van der Waals surface area contributed by atoms with E-state index in [2.05, 4.69) is 43.4 Å². The third-order valence-electron chi connectivity index (χ3n) is 4.27. The molecule has 0 spiro atoms. The number of aromatic hydroxyl groups is 1. The molecule has 3 rings (SSSR count). The predicted octanol–water partition coefficient (Wildman–Crippen LogP) is 2.87. The first-order valence-corrected chi connectivity index (χ1v) is 7.90.